The van der Waals surface area contributed by atoms with Crippen molar-refractivity contribution in [2.75, 3.05) is 13.2 Å². The largest absolute Gasteiger partial charge is 0.478 e. The number of carboxylic acids is 1. The minimum absolute atomic E-state index is 0. The number of aliphatic hydroxyl groups excluding tert-OH is 4. The molecule has 1 fully saturated rings. The fourth-order valence-corrected chi connectivity index (χ4v) is 3.64. The second-order valence-electron chi connectivity index (χ2n) is 8.13. The number of unbranched alkanes of at least 4 members (excludes halogenated alkanes) is 9. The maximum Gasteiger partial charge on any atom is 0.334 e. The Labute approximate surface area is 212 Å². The van der Waals surface area contributed by atoms with Gasteiger partial charge < -0.3 is 35.6 Å². The van der Waals surface area contributed by atoms with Gasteiger partial charge in [0.05, 0.1) is 12.2 Å². The number of hydrogen-bond acceptors (Lipinski definition) is 7. The molecule has 6 N–H and O–H groups in total. The van der Waals surface area contributed by atoms with E-state index in [0.29, 0.717) is 6.54 Å². The number of nitrogens with one attached hydrogen (secondary N) is 1. The fraction of sp³-hybridized carbons (Fsp3) is 0.818. The van der Waals surface area contributed by atoms with Crippen LogP contribution in [0.2, 0.25) is 0 Å². The zero-order chi connectivity index (χ0) is 23.2. The first-order chi connectivity index (χ1) is 14.8. The second kappa shape index (κ2) is 17.9. The third-order valence-electron chi connectivity index (χ3n) is 5.56. The Kier molecular flexibility index (Phi) is 17.6. The summed E-state index contributed by atoms with van der Waals surface area (Å²) in [6, 6.07) is 0. The maximum absolute atomic E-state index is 12.1. The Morgan fingerprint density at radius 1 is 0.875 bits per heavy atom. The summed E-state index contributed by atoms with van der Waals surface area (Å²) in [5.74, 6) is -2.15. The number of ether oxygens (including phenoxy) is 1. The van der Waals surface area contributed by atoms with Crippen LogP contribution >= 0.6 is 0 Å². The van der Waals surface area contributed by atoms with Crippen LogP contribution < -0.4 is 5.32 Å². The van der Waals surface area contributed by atoms with Crippen molar-refractivity contribution in [3.05, 3.63) is 11.6 Å². The number of carboxylic acid groups (broad SMARTS) is 1. The van der Waals surface area contributed by atoms with Crippen LogP contribution in [0.5, 0.6) is 0 Å². The molecule has 0 spiro atoms. The molecular formula is C22H39NNaO8. The molecule has 32 heavy (non-hydrogen) atoms. The molecule has 1 radical (unpaired) electrons. The molecule has 9 nitrogen and oxygen atoms in total. The summed E-state index contributed by atoms with van der Waals surface area (Å²) in [6.07, 6.45) is 4.56. The molecule has 1 saturated heterocycles. The van der Waals surface area contributed by atoms with Crippen LogP contribution in [0.3, 0.4) is 0 Å². The molecule has 1 aliphatic heterocycles. The fourth-order valence-electron chi connectivity index (χ4n) is 3.64. The summed E-state index contributed by atoms with van der Waals surface area (Å²) >= 11 is 0. The van der Waals surface area contributed by atoms with Gasteiger partial charge in [-0.2, -0.15) is 0 Å². The number of aliphatic carboxylic acids is 1. The van der Waals surface area contributed by atoms with E-state index in [9.17, 15) is 35.1 Å². The molecule has 0 aliphatic carbocycles. The number of amides is 1. The van der Waals surface area contributed by atoms with Crippen LogP contribution in [-0.2, 0) is 14.3 Å². The summed E-state index contributed by atoms with van der Waals surface area (Å²) in [4.78, 5) is 23.7. The van der Waals surface area contributed by atoms with Crippen LogP contribution in [0.15, 0.2) is 11.6 Å². The minimum Gasteiger partial charge on any atom is -0.478 e. The van der Waals surface area contributed by atoms with Crippen molar-refractivity contribution in [1.29, 1.82) is 0 Å². The van der Waals surface area contributed by atoms with Gasteiger partial charge in [-0.3, -0.25) is 4.79 Å². The van der Waals surface area contributed by atoms with Gasteiger partial charge in [-0.15, -0.1) is 0 Å². The topological polar surface area (TPSA) is 157 Å². The Bertz CT molecular complexity index is 572. The molecule has 1 aliphatic rings. The van der Waals surface area contributed by atoms with Gasteiger partial charge in [0.15, 0.2) is 0 Å². The van der Waals surface area contributed by atoms with Crippen LogP contribution in [0.25, 0.3) is 0 Å². The Morgan fingerprint density at radius 3 is 1.91 bits per heavy atom. The first kappa shape index (κ1) is 31.5. The van der Waals surface area contributed by atoms with Crippen molar-refractivity contribution in [1.82, 2.24) is 5.32 Å². The van der Waals surface area contributed by atoms with E-state index in [0.717, 1.165) is 25.3 Å². The summed E-state index contributed by atoms with van der Waals surface area (Å²) in [6.45, 7) is 1.92. The van der Waals surface area contributed by atoms with Gasteiger partial charge in [0.2, 0.25) is 5.91 Å². The quantitative estimate of drug-likeness (QED) is 0.115. The predicted octanol–water partition coefficient (Wildman–Crippen LogP) is 0.496. The van der Waals surface area contributed by atoms with E-state index in [1.165, 1.54) is 44.9 Å². The summed E-state index contributed by atoms with van der Waals surface area (Å²) in [7, 11) is 0. The molecule has 181 valence electrons. The van der Waals surface area contributed by atoms with E-state index in [4.69, 9.17) is 4.74 Å². The van der Waals surface area contributed by atoms with E-state index < -0.39 is 54.6 Å². The second-order valence-corrected chi connectivity index (χ2v) is 8.13. The monoisotopic (exact) mass is 468 g/mol. The Morgan fingerprint density at radius 2 is 1.41 bits per heavy atom. The number of hydrogen-bond donors (Lipinski definition) is 6. The third kappa shape index (κ3) is 11.1. The van der Waals surface area contributed by atoms with Crippen LogP contribution in [0.4, 0.5) is 0 Å². The Hall–Kier alpha value is -0.520. The number of carbonyl (C=O) groups excluding carboxylic acids is 1. The molecule has 0 aromatic heterocycles. The summed E-state index contributed by atoms with van der Waals surface area (Å²) in [5, 5.41) is 51.0. The van der Waals surface area contributed by atoms with Crippen molar-refractivity contribution in [2.24, 2.45) is 0 Å². The number of rotatable bonds is 15. The van der Waals surface area contributed by atoms with Crippen LogP contribution in [-0.4, -0.2) is 111 Å². The van der Waals surface area contributed by atoms with Crippen molar-refractivity contribution >= 4 is 41.4 Å². The number of carbonyl (C=O) groups is 2. The summed E-state index contributed by atoms with van der Waals surface area (Å²) in [5.41, 5.74) is -0.558. The van der Waals surface area contributed by atoms with E-state index in [2.05, 4.69) is 12.2 Å². The predicted molar refractivity (Wildman–Crippen MR) is 120 cm³/mol. The molecule has 1 unspecified atom stereocenters. The molecule has 1 amide bonds. The molecule has 0 bridgehead atoms. The third-order valence-corrected chi connectivity index (χ3v) is 5.56. The zero-order valence-electron chi connectivity index (χ0n) is 19.4. The zero-order valence-corrected chi connectivity index (χ0v) is 21.4. The van der Waals surface area contributed by atoms with Crippen molar-refractivity contribution < 1.29 is 39.9 Å². The van der Waals surface area contributed by atoms with Crippen LogP contribution in [0.1, 0.15) is 71.1 Å². The molecule has 0 aromatic carbocycles. The first-order valence-corrected chi connectivity index (χ1v) is 11.4. The van der Waals surface area contributed by atoms with Crippen molar-refractivity contribution in [3.8, 4) is 0 Å². The van der Waals surface area contributed by atoms with Gasteiger partial charge in [-0.1, -0.05) is 64.7 Å². The van der Waals surface area contributed by atoms with Gasteiger partial charge in [0, 0.05) is 42.2 Å². The Balaban J connectivity index is 0.00000961. The minimum atomic E-state index is -1.75. The smallest absolute Gasteiger partial charge is 0.334 e. The average molecular weight is 469 g/mol. The van der Waals surface area contributed by atoms with E-state index in [-0.39, 0.29) is 29.6 Å². The van der Waals surface area contributed by atoms with Gasteiger partial charge in [-0.05, 0) is 6.42 Å². The maximum atomic E-state index is 12.1. The molecule has 1 heterocycles. The van der Waals surface area contributed by atoms with Gasteiger partial charge in [0.25, 0.3) is 0 Å². The number of aliphatic hydroxyl groups is 4. The summed E-state index contributed by atoms with van der Waals surface area (Å²) < 4.78 is 5.23. The molecule has 5 atom stereocenters. The van der Waals surface area contributed by atoms with Gasteiger partial charge >= 0.3 is 5.97 Å². The van der Waals surface area contributed by atoms with Crippen molar-refractivity contribution in [2.45, 2.75) is 102 Å². The van der Waals surface area contributed by atoms with Gasteiger partial charge in [-0.25, -0.2) is 4.79 Å². The normalized spacial score (nSPS) is 25.8. The molecule has 0 saturated carbocycles. The van der Waals surface area contributed by atoms with Crippen molar-refractivity contribution in [3.63, 3.8) is 0 Å². The standard InChI is InChI=1S/C22H39NO8.Na/c1-2-3-4-5-6-7-8-9-10-11-12-23-17(25)13-15(22(29)30)21-20(28)19(27)18(26)16(14-24)31-21;/h13,16,18-21,24,26-28H,2-12,14H2,1H3,(H,23,25)(H,29,30);/b15-13-;/t16-,18-,19+,20-,21?;/m1./s1. The molecular weight excluding hydrogens is 429 g/mol. The molecule has 10 heteroatoms. The van der Waals surface area contributed by atoms with Gasteiger partial charge in [0.1, 0.15) is 30.5 Å². The average Bonchev–Trinajstić information content (AvgIpc) is 2.74. The first-order valence-electron chi connectivity index (χ1n) is 11.4. The van der Waals surface area contributed by atoms with Crippen LogP contribution in [0, 0.1) is 0 Å². The molecule has 0 aromatic rings. The van der Waals surface area contributed by atoms with E-state index in [1.807, 2.05) is 0 Å². The van der Waals surface area contributed by atoms with E-state index in [1.54, 1.807) is 0 Å². The van der Waals surface area contributed by atoms with E-state index >= 15 is 0 Å². The SMILES string of the molecule is CCCCCCCCCCCCNC(=O)/C=C(\C(=O)O)C1O[C@H](CO)[C@@H](O)[C@H](O)[C@H]1O.[Na]. The molecule has 1 rings (SSSR count).